The van der Waals surface area contributed by atoms with Crippen LogP contribution in [0.2, 0.25) is 0 Å². The number of nitriles is 2. The molecular weight excluding hydrogens is 312 g/mol. The van der Waals surface area contributed by atoms with Gasteiger partial charge in [-0.15, -0.1) is 0 Å². The SMILES string of the molecule is CNCc1ncn(C(c2ccc(C#N)cc2)c2ccc(C#N)cc2)n1. The summed E-state index contributed by atoms with van der Waals surface area (Å²) in [4.78, 5) is 4.33. The predicted molar refractivity (Wildman–Crippen MR) is 92.3 cm³/mol. The summed E-state index contributed by atoms with van der Waals surface area (Å²) >= 11 is 0. The average molecular weight is 328 g/mol. The number of hydrogen-bond acceptors (Lipinski definition) is 5. The van der Waals surface area contributed by atoms with Crippen LogP contribution < -0.4 is 5.32 Å². The van der Waals surface area contributed by atoms with Crippen molar-refractivity contribution in [2.45, 2.75) is 12.6 Å². The van der Waals surface area contributed by atoms with Crippen molar-refractivity contribution in [3.05, 3.63) is 82.9 Å². The van der Waals surface area contributed by atoms with Crippen molar-refractivity contribution in [1.29, 1.82) is 10.5 Å². The van der Waals surface area contributed by atoms with E-state index < -0.39 is 0 Å². The molecule has 3 aromatic rings. The molecule has 6 nitrogen and oxygen atoms in total. The molecule has 1 heterocycles. The van der Waals surface area contributed by atoms with Crippen LogP contribution in [0.25, 0.3) is 0 Å². The molecule has 0 aliphatic rings. The Labute approximate surface area is 146 Å². The van der Waals surface area contributed by atoms with Gasteiger partial charge in [0.1, 0.15) is 12.4 Å². The highest BCUT2D eigenvalue weighted by atomic mass is 15.3. The molecule has 0 bridgehead atoms. The fourth-order valence-corrected chi connectivity index (χ4v) is 2.65. The Kier molecular flexibility index (Phi) is 4.84. The van der Waals surface area contributed by atoms with Gasteiger partial charge in [-0.3, -0.25) is 0 Å². The first-order chi connectivity index (χ1) is 12.2. The number of aromatic nitrogens is 3. The number of nitrogens with one attached hydrogen (secondary N) is 1. The molecule has 3 rings (SSSR count). The van der Waals surface area contributed by atoms with E-state index in [2.05, 4.69) is 27.5 Å². The summed E-state index contributed by atoms with van der Waals surface area (Å²) in [5.41, 5.74) is 3.20. The Hall–Kier alpha value is -3.48. The number of benzene rings is 2. The molecule has 0 aliphatic carbocycles. The molecule has 0 unspecified atom stereocenters. The number of nitrogens with zero attached hydrogens (tertiary/aromatic N) is 5. The topological polar surface area (TPSA) is 90.3 Å². The largest absolute Gasteiger partial charge is 0.313 e. The van der Waals surface area contributed by atoms with Gasteiger partial charge in [0.2, 0.25) is 0 Å². The molecule has 0 atom stereocenters. The summed E-state index contributed by atoms with van der Waals surface area (Å²) in [6.07, 6.45) is 1.70. The smallest absolute Gasteiger partial charge is 0.164 e. The average Bonchev–Trinajstić information content (AvgIpc) is 3.11. The molecule has 2 aromatic carbocycles. The molecule has 0 amide bonds. The van der Waals surface area contributed by atoms with Gasteiger partial charge in [0.15, 0.2) is 5.82 Å². The van der Waals surface area contributed by atoms with E-state index in [0.717, 1.165) is 11.1 Å². The highest BCUT2D eigenvalue weighted by Crippen LogP contribution is 2.26. The second-order valence-corrected chi connectivity index (χ2v) is 5.54. The molecule has 25 heavy (non-hydrogen) atoms. The summed E-state index contributed by atoms with van der Waals surface area (Å²) in [6.45, 7) is 0.584. The van der Waals surface area contributed by atoms with Gasteiger partial charge in [-0.1, -0.05) is 24.3 Å². The Morgan fingerprint density at radius 1 is 0.960 bits per heavy atom. The quantitative estimate of drug-likeness (QED) is 0.776. The third-order valence-corrected chi connectivity index (χ3v) is 3.87. The fourth-order valence-electron chi connectivity index (χ4n) is 2.65. The van der Waals surface area contributed by atoms with Crippen LogP contribution in [0.1, 0.15) is 34.1 Å². The van der Waals surface area contributed by atoms with Gasteiger partial charge in [0.25, 0.3) is 0 Å². The molecule has 1 aromatic heterocycles. The molecule has 0 saturated heterocycles. The minimum Gasteiger partial charge on any atom is -0.313 e. The van der Waals surface area contributed by atoms with Crippen molar-refractivity contribution in [2.75, 3.05) is 7.05 Å². The lowest BCUT2D eigenvalue weighted by atomic mass is 9.97. The standard InChI is InChI=1S/C19H16N6/c1-22-12-18-23-13-25(24-18)19(16-6-2-14(10-20)3-7-16)17-8-4-15(11-21)5-9-17/h2-9,13,19,22H,12H2,1H3. The first kappa shape index (κ1) is 16.4. The highest BCUT2D eigenvalue weighted by molar-refractivity contribution is 5.40. The fraction of sp³-hybridized carbons (Fsp3) is 0.158. The maximum Gasteiger partial charge on any atom is 0.164 e. The van der Waals surface area contributed by atoms with Gasteiger partial charge in [-0.05, 0) is 42.4 Å². The molecule has 1 N–H and O–H groups in total. The third kappa shape index (κ3) is 3.55. The molecule has 0 fully saturated rings. The zero-order valence-electron chi connectivity index (χ0n) is 13.7. The van der Waals surface area contributed by atoms with Gasteiger partial charge in [0, 0.05) is 0 Å². The second kappa shape index (κ2) is 7.39. The molecular formula is C19H16N6. The van der Waals surface area contributed by atoms with Crippen molar-refractivity contribution < 1.29 is 0 Å². The number of hydrogen-bond donors (Lipinski definition) is 1. The van der Waals surface area contributed by atoms with E-state index in [-0.39, 0.29) is 6.04 Å². The molecule has 0 saturated carbocycles. The lowest BCUT2D eigenvalue weighted by molar-refractivity contribution is 0.582. The Morgan fingerprint density at radius 2 is 1.48 bits per heavy atom. The summed E-state index contributed by atoms with van der Waals surface area (Å²) in [5.74, 6) is 0.704. The van der Waals surface area contributed by atoms with E-state index in [1.165, 1.54) is 0 Å². The van der Waals surface area contributed by atoms with Crippen LogP contribution in [0.5, 0.6) is 0 Å². The highest BCUT2D eigenvalue weighted by Gasteiger charge is 2.18. The summed E-state index contributed by atoms with van der Waals surface area (Å²) in [6, 6.07) is 18.9. The summed E-state index contributed by atoms with van der Waals surface area (Å²) in [7, 11) is 1.85. The van der Waals surface area contributed by atoms with E-state index in [4.69, 9.17) is 10.5 Å². The van der Waals surface area contributed by atoms with Crippen LogP contribution in [0.15, 0.2) is 54.9 Å². The van der Waals surface area contributed by atoms with Crippen LogP contribution in [0, 0.1) is 22.7 Å². The molecule has 0 spiro atoms. The molecule has 6 heteroatoms. The molecule has 122 valence electrons. The molecule has 0 radical (unpaired) electrons. The van der Waals surface area contributed by atoms with Crippen molar-refractivity contribution in [3.8, 4) is 12.1 Å². The third-order valence-electron chi connectivity index (χ3n) is 3.87. The van der Waals surface area contributed by atoms with Crippen molar-refractivity contribution in [2.24, 2.45) is 0 Å². The zero-order chi connectivity index (χ0) is 17.6. The second-order valence-electron chi connectivity index (χ2n) is 5.54. The van der Waals surface area contributed by atoms with Crippen LogP contribution in [-0.4, -0.2) is 21.8 Å². The maximum absolute atomic E-state index is 9.01. The predicted octanol–water partition coefficient (Wildman–Crippen LogP) is 2.38. The zero-order valence-corrected chi connectivity index (χ0v) is 13.7. The van der Waals surface area contributed by atoms with Crippen LogP contribution in [-0.2, 0) is 6.54 Å². The molecule has 0 aliphatic heterocycles. The lowest BCUT2D eigenvalue weighted by Gasteiger charge is -2.18. The summed E-state index contributed by atoms with van der Waals surface area (Å²) in [5, 5.41) is 25.6. The minimum absolute atomic E-state index is 0.182. The van der Waals surface area contributed by atoms with Crippen LogP contribution in [0.3, 0.4) is 0 Å². The number of rotatable bonds is 5. The van der Waals surface area contributed by atoms with Crippen LogP contribution >= 0.6 is 0 Å². The van der Waals surface area contributed by atoms with Gasteiger partial charge in [-0.25, -0.2) is 9.67 Å². The van der Waals surface area contributed by atoms with Gasteiger partial charge in [-0.2, -0.15) is 15.6 Å². The van der Waals surface area contributed by atoms with Crippen molar-refractivity contribution in [3.63, 3.8) is 0 Å². The van der Waals surface area contributed by atoms with E-state index in [0.29, 0.717) is 23.5 Å². The van der Waals surface area contributed by atoms with E-state index in [1.807, 2.05) is 31.3 Å². The Morgan fingerprint density at radius 3 is 1.92 bits per heavy atom. The van der Waals surface area contributed by atoms with E-state index in [1.54, 1.807) is 35.3 Å². The first-order valence-corrected chi connectivity index (χ1v) is 7.80. The van der Waals surface area contributed by atoms with Gasteiger partial charge >= 0.3 is 0 Å². The van der Waals surface area contributed by atoms with E-state index >= 15 is 0 Å². The maximum atomic E-state index is 9.01. The summed E-state index contributed by atoms with van der Waals surface area (Å²) < 4.78 is 1.80. The first-order valence-electron chi connectivity index (χ1n) is 7.80. The minimum atomic E-state index is -0.182. The lowest BCUT2D eigenvalue weighted by Crippen LogP contribution is -2.14. The Bertz CT molecular complexity index is 868. The van der Waals surface area contributed by atoms with Crippen molar-refractivity contribution in [1.82, 2.24) is 20.1 Å². The van der Waals surface area contributed by atoms with Crippen molar-refractivity contribution >= 4 is 0 Å². The van der Waals surface area contributed by atoms with Crippen LogP contribution in [0.4, 0.5) is 0 Å². The monoisotopic (exact) mass is 328 g/mol. The Balaban J connectivity index is 2.05. The van der Waals surface area contributed by atoms with Gasteiger partial charge in [0.05, 0.1) is 29.8 Å². The van der Waals surface area contributed by atoms with Gasteiger partial charge < -0.3 is 5.32 Å². The normalized spacial score (nSPS) is 10.4. The van der Waals surface area contributed by atoms with E-state index in [9.17, 15) is 0 Å².